The molecule has 0 spiro atoms. The molecule has 0 unspecified atom stereocenters. The van der Waals surface area contributed by atoms with Crippen molar-refractivity contribution in [2.24, 2.45) is 0 Å². The van der Waals surface area contributed by atoms with Crippen LogP contribution in [-0.2, 0) is 4.79 Å². The van der Waals surface area contributed by atoms with E-state index in [1.54, 1.807) is 0 Å². The van der Waals surface area contributed by atoms with E-state index in [-0.39, 0.29) is 5.78 Å². The molecule has 0 saturated heterocycles. The second-order valence-electron chi connectivity index (χ2n) is 1.88. The van der Waals surface area contributed by atoms with Crippen molar-refractivity contribution in [1.29, 1.82) is 0 Å². The number of aromatic nitrogens is 4. The maximum atomic E-state index is 10.7. The van der Waals surface area contributed by atoms with Crippen molar-refractivity contribution >= 4 is 12.0 Å². The van der Waals surface area contributed by atoms with Crippen molar-refractivity contribution in [3.05, 3.63) is 16.6 Å². The van der Waals surface area contributed by atoms with E-state index in [1.165, 1.54) is 19.2 Å². The summed E-state index contributed by atoms with van der Waals surface area (Å²) in [5.41, 5.74) is -0.470. The lowest BCUT2D eigenvalue weighted by Crippen LogP contribution is -2.12. The molecule has 0 bridgehead atoms. The normalized spacial score (nSPS) is 10.6. The first-order valence-electron chi connectivity index (χ1n) is 2.89. The summed E-state index contributed by atoms with van der Waals surface area (Å²) in [5, 5.41) is 8.64. The molecular weight excluding hydrogens is 148 g/mol. The zero-order valence-electron chi connectivity index (χ0n) is 5.81. The Balaban J connectivity index is 2.88. The van der Waals surface area contributed by atoms with Gasteiger partial charge in [-0.3, -0.25) is 4.79 Å². The van der Waals surface area contributed by atoms with Gasteiger partial charge in [0, 0.05) is 6.20 Å². The maximum absolute atomic E-state index is 10.7. The number of hydrogen-bond donors (Lipinski definition) is 1. The minimum Gasteiger partial charge on any atom is -0.295 e. The highest BCUT2D eigenvalue weighted by Gasteiger charge is 1.91. The lowest BCUT2D eigenvalue weighted by Gasteiger charge is -1.81. The number of allylic oxidation sites excluding steroid dienone is 1. The van der Waals surface area contributed by atoms with Crippen LogP contribution < -0.4 is 5.69 Å². The molecule has 6 nitrogen and oxygen atoms in total. The first kappa shape index (κ1) is 7.39. The zero-order chi connectivity index (χ0) is 8.27. The third-order valence-electron chi connectivity index (χ3n) is 0.945. The summed E-state index contributed by atoms with van der Waals surface area (Å²) in [7, 11) is 0. The summed E-state index contributed by atoms with van der Waals surface area (Å²) in [6.45, 7) is 1.38. The summed E-state index contributed by atoms with van der Waals surface area (Å²) >= 11 is 0. The van der Waals surface area contributed by atoms with Crippen LogP contribution in [0.25, 0.3) is 6.20 Å². The Bertz CT molecular complexity index is 334. The van der Waals surface area contributed by atoms with E-state index in [4.69, 9.17) is 0 Å². The van der Waals surface area contributed by atoms with Crippen LogP contribution in [0.4, 0.5) is 0 Å². The Morgan fingerprint density at radius 3 is 2.91 bits per heavy atom. The molecule has 11 heavy (non-hydrogen) atoms. The molecule has 1 aromatic rings. The van der Waals surface area contributed by atoms with E-state index >= 15 is 0 Å². The number of carbonyl (C=O) groups excluding carboxylic acids is 1. The van der Waals surface area contributed by atoms with Crippen molar-refractivity contribution in [3.8, 4) is 0 Å². The number of carbonyl (C=O) groups is 1. The molecule has 0 aliphatic rings. The Hall–Kier alpha value is -1.72. The van der Waals surface area contributed by atoms with Crippen LogP contribution in [0.1, 0.15) is 6.92 Å². The van der Waals surface area contributed by atoms with Gasteiger partial charge in [0.15, 0.2) is 5.78 Å². The lowest BCUT2D eigenvalue weighted by atomic mass is 10.4. The van der Waals surface area contributed by atoms with Crippen LogP contribution in [0.2, 0.25) is 0 Å². The van der Waals surface area contributed by atoms with Crippen LogP contribution in [0.3, 0.4) is 0 Å². The average Bonchev–Trinajstić information content (AvgIpc) is 2.31. The highest BCUT2D eigenvalue weighted by molar-refractivity contribution is 5.89. The smallest absolute Gasteiger partial charge is 0.295 e. The fourth-order valence-corrected chi connectivity index (χ4v) is 0.478. The molecule has 0 radical (unpaired) electrons. The summed E-state index contributed by atoms with van der Waals surface area (Å²) in [4.78, 5) is 21.0. The summed E-state index contributed by atoms with van der Waals surface area (Å²) in [6.07, 6.45) is 2.47. The summed E-state index contributed by atoms with van der Waals surface area (Å²) in [5.74, 6) is -0.153. The number of nitrogens with one attached hydrogen (secondary N) is 1. The standard InChI is InChI=1S/C5H6N4O2/c1-4(10)2-3-9-5(11)6-7-8-9/h2-3H,1H3,(H,6,8,11)/b3-2+. The molecule has 0 fully saturated rings. The number of H-pyrrole nitrogens is 1. The molecule has 1 rings (SSSR count). The van der Waals surface area contributed by atoms with E-state index in [0.29, 0.717) is 0 Å². The number of nitrogens with zero attached hydrogens (tertiary/aromatic N) is 3. The predicted octanol–water partition coefficient (Wildman–Crippen LogP) is -0.974. The fourth-order valence-electron chi connectivity index (χ4n) is 0.478. The van der Waals surface area contributed by atoms with Crippen molar-refractivity contribution in [2.75, 3.05) is 0 Å². The molecule has 0 aliphatic heterocycles. The highest BCUT2D eigenvalue weighted by Crippen LogP contribution is 1.76. The molecule has 0 amide bonds. The van der Waals surface area contributed by atoms with Gasteiger partial charge in [-0.2, -0.15) is 4.68 Å². The van der Waals surface area contributed by atoms with Gasteiger partial charge in [-0.05, 0) is 23.4 Å². The first-order chi connectivity index (χ1) is 5.20. The van der Waals surface area contributed by atoms with Crippen molar-refractivity contribution in [3.63, 3.8) is 0 Å². The van der Waals surface area contributed by atoms with Gasteiger partial charge in [0.2, 0.25) is 0 Å². The minimum atomic E-state index is -0.470. The molecule has 1 heterocycles. The molecular formula is C5H6N4O2. The van der Waals surface area contributed by atoms with Crippen LogP contribution in [0.5, 0.6) is 0 Å². The predicted molar refractivity (Wildman–Crippen MR) is 36.7 cm³/mol. The molecule has 6 heteroatoms. The Kier molecular flexibility index (Phi) is 1.95. The van der Waals surface area contributed by atoms with Gasteiger partial charge in [-0.25, -0.2) is 9.89 Å². The molecule has 1 N–H and O–H groups in total. The number of rotatable bonds is 2. The lowest BCUT2D eigenvalue weighted by molar-refractivity contribution is -0.112. The third-order valence-corrected chi connectivity index (χ3v) is 0.945. The highest BCUT2D eigenvalue weighted by atomic mass is 16.2. The van der Waals surface area contributed by atoms with Gasteiger partial charge in [0.1, 0.15) is 0 Å². The second kappa shape index (κ2) is 2.91. The van der Waals surface area contributed by atoms with Crippen LogP contribution in [0.15, 0.2) is 10.9 Å². The minimum absolute atomic E-state index is 0.153. The van der Waals surface area contributed by atoms with Gasteiger partial charge in [-0.15, -0.1) is 0 Å². The van der Waals surface area contributed by atoms with Crippen LogP contribution >= 0.6 is 0 Å². The van der Waals surface area contributed by atoms with Crippen molar-refractivity contribution in [1.82, 2.24) is 20.2 Å². The topological polar surface area (TPSA) is 80.6 Å². The van der Waals surface area contributed by atoms with E-state index in [2.05, 4.69) is 15.5 Å². The SMILES string of the molecule is CC(=O)/C=C/n1nn[nH]c1=O. The van der Waals surface area contributed by atoms with Crippen LogP contribution in [0, 0.1) is 0 Å². The Labute approximate surface area is 61.5 Å². The Morgan fingerprint density at radius 2 is 2.45 bits per heavy atom. The molecule has 0 atom stereocenters. The number of aromatic amines is 1. The second-order valence-corrected chi connectivity index (χ2v) is 1.88. The van der Waals surface area contributed by atoms with E-state index in [9.17, 15) is 9.59 Å². The third kappa shape index (κ3) is 1.85. The molecule has 0 aromatic carbocycles. The van der Waals surface area contributed by atoms with E-state index in [0.717, 1.165) is 4.68 Å². The maximum Gasteiger partial charge on any atom is 0.365 e. The van der Waals surface area contributed by atoms with Crippen LogP contribution in [-0.4, -0.2) is 26.0 Å². The van der Waals surface area contributed by atoms with Crippen molar-refractivity contribution < 1.29 is 4.79 Å². The van der Waals surface area contributed by atoms with E-state index < -0.39 is 5.69 Å². The van der Waals surface area contributed by atoms with Gasteiger partial charge >= 0.3 is 5.69 Å². The van der Waals surface area contributed by atoms with Gasteiger partial charge in [0.05, 0.1) is 0 Å². The van der Waals surface area contributed by atoms with E-state index in [1.807, 2.05) is 0 Å². The number of ketones is 1. The number of tetrazole rings is 1. The molecule has 0 aliphatic carbocycles. The molecule has 1 aromatic heterocycles. The average molecular weight is 154 g/mol. The largest absolute Gasteiger partial charge is 0.365 e. The van der Waals surface area contributed by atoms with Gasteiger partial charge in [-0.1, -0.05) is 0 Å². The summed E-state index contributed by atoms with van der Waals surface area (Å²) < 4.78 is 0.932. The Morgan fingerprint density at radius 1 is 1.73 bits per heavy atom. The molecule has 58 valence electrons. The first-order valence-corrected chi connectivity index (χ1v) is 2.89. The molecule has 0 saturated carbocycles. The van der Waals surface area contributed by atoms with Gasteiger partial charge < -0.3 is 0 Å². The monoisotopic (exact) mass is 154 g/mol. The quantitative estimate of drug-likeness (QED) is 0.555. The van der Waals surface area contributed by atoms with Crippen molar-refractivity contribution in [2.45, 2.75) is 6.92 Å². The zero-order valence-corrected chi connectivity index (χ0v) is 5.81. The van der Waals surface area contributed by atoms with Gasteiger partial charge in [0.25, 0.3) is 0 Å². The number of hydrogen-bond acceptors (Lipinski definition) is 4. The fraction of sp³-hybridized carbons (Fsp3) is 0.200. The summed E-state index contributed by atoms with van der Waals surface area (Å²) in [6, 6.07) is 0.